The van der Waals surface area contributed by atoms with Crippen LogP contribution in [0.3, 0.4) is 0 Å². The summed E-state index contributed by atoms with van der Waals surface area (Å²) >= 11 is 0. The van der Waals surface area contributed by atoms with Crippen LogP contribution in [-0.4, -0.2) is 14.2 Å². The fraction of sp³-hybridized carbons (Fsp3) is 0.692. The molecular weight excluding hydrogens is 220 g/mol. The maximum atomic E-state index is 11.5. The van der Waals surface area contributed by atoms with Crippen LogP contribution in [-0.2, 0) is 9.84 Å². The van der Waals surface area contributed by atoms with Crippen molar-refractivity contribution in [1.29, 1.82) is 0 Å². The Hall–Kier alpha value is -0.570. The van der Waals surface area contributed by atoms with E-state index in [0.717, 1.165) is 24.8 Å². The van der Waals surface area contributed by atoms with E-state index in [1.54, 1.807) is 13.0 Å². The first-order valence-electron chi connectivity index (χ1n) is 6.04. The lowest BCUT2D eigenvalue weighted by molar-refractivity contribution is 0.590. The zero-order valence-electron chi connectivity index (χ0n) is 10.5. The molecule has 0 spiro atoms. The topological polar surface area (TPSA) is 34.1 Å². The second-order valence-electron chi connectivity index (χ2n) is 4.28. The summed E-state index contributed by atoms with van der Waals surface area (Å²) in [6, 6.07) is 0. The first-order chi connectivity index (χ1) is 7.48. The van der Waals surface area contributed by atoms with Crippen molar-refractivity contribution in [3.05, 3.63) is 23.6 Å². The lowest BCUT2D eigenvalue weighted by atomic mass is 10.1. The molecule has 16 heavy (non-hydrogen) atoms. The highest BCUT2D eigenvalue weighted by Crippen LogP contribution is 2.07. The van der Waals surface area contributed by atoms with Crippen molar-refractivity contribution in [1.82, 2.24) is 0 Å². The van der Waals surface area contributed by atoms with Gasteiger partial charge in [-0.2, -0.15) is 0 Å². The zero-order chi connectivity index (χ0) is 12.4. The number of unbranched alkanes of at least 4 members (excludes halogenated alkanes) is 5. The van der Waals surface area contributed by atoms with Crippen LogP contribution in [0.1, 0.15) is 52.4 Å². The molecule has 0 aliphatic rings. The van der Waals surface area contributed by atoms with E-state index in [1.807, 2.05) is 0 Å². The van der Waals surface area contributed by atoms with E-state index in [2.05, 4.69) is 13.5 Å². The molecule has 0 aromatic heterocycles. The van der Waals surface area contributed by atoms with Gasteiger partial charge >= 0.3 is 0 Å². The quantitative estimate of drug-likeness (QED) is 0.456. The van der Waals surface area contributed by atoms with Gasteiger partial charge in [0.25, 0.3) is 0 Å². The molecule has 0 fully saturated rings. The molecule has 0 aromatic rings. The molecule has 0 N–H and O–H groups in total. The summed E-state index contributed by atoms with van der Waals surface area (Å²) in [4.78, 5) is 0. The molecule has 0 saturated carbocycles. The van der Waals surface area contributed by atoms with Gasteiger partial charge in [0.15, 0.2) is 9.84 Å². The fourth-order valence-electron chi connectivity index (χ4n) is 1.37. The minimum atomic E-state index is -3.01. The van der Waals surface area contributed by atoms with Crippen molar-refractivity contribution in [2.45, 2.75) is 52.4 Å². The number of hydrogen-bond donors (Lipinski definition) is 0. The van der Waals surface area contributed by atoms with Crippen molar-refractivity contribution >= 4 is 9.84 Å². The Bertz CT molecular complexity index is 313. The van der Waals surface area contributed by atoms with E-state index >= 15 is 0 Å². The lowest BCUT2D eigenvalue weighted by Crippen LogP contribution is -2.02. The third kappa shape index (κ3) is 9.97. The smallest absolute Gasteiger partial charge is 0.171 e. The molecule has 0 radical (unpaired) electrons. The SMILES string of the molecule is C=C(C)C=CS(=O)(=O)CCCCCCCC. The molecule has 3 heteroatoms. The second kappa shape index (κ2) is 8.57. The first kappa shape index (κ1) is 15.4. The third-order valence-corrected chi connectivity index (χ3v) is 3.75. The molecule has 2 nitrogen and oxygen atoms in total. The van der Waals surface area contributed by atoms with E-state index in [-0.39, 0.29) is 5.75 Å². The Morgan fingerprint density at radius 2 is 1.69 bits per heavy atom. The summed E-state index contributed by atoms with van der Waals surface area (Å²) in [6.07, 6.45) is 8.19. The Kier molecular flexibility index (Phi) is 8.26. The monoisotopic (exact) mass is 244 g/mol. The highest BCUT2D eigenvalue weighted by molar-refractivity contribution is 7.94. The largest absolute Gasteiger partial charge is 0.224 e. The molecule has 0 unspecified atom stereocenters. The number of hydrogen-bond acceptors (Lipinski definition) is 2. The van der Waals surface area contributed by atoms with Crippen LogP contribution in [0.2, 0.25) is 0 Å². The molecule has 0 aromatic carbocycles. The molecule has 0 bridgehead atoms. The van der Waals surface area contributed by atoms with E-state index in [4.69, 9.17) is 0 Å². The summed E-state index contributed by atoms with van der Waals surface area (Å²) in [7, 11) is -3.01. The van der Waals surface area contributed by atoms with Gasteiger partial charge in [0.1, 0.15) is 0 Å². The predicted octanol–water partition coefficient (Wildman–Crippen LogP) is 3.85. The van der Waals surface area contributed by atoms with Crippen LogP contribution in [0.5, 0.6) is 0 Å². The second-order valence-corrected chi connectivity index (χ2v) is 6.29. The molecule has 0 saturated heterocycles. The van der Waals surface area contributed by atoms with Gasteiger partial charge in [-0.25, -0.2) is 8.42 Å². The summed E-state index contributed by atoms with van der Waals surface area (Å²) < 4.78 is 23.0. The van der Waals surface area contributed by atoms with Gasteiger partial charge in [0, 0.05) is 5.41 Å². The van der Waals surface area contributed by atoms with Crippen LogP contribution in [0.4, 0.5) is 0 Å². The normalized spacial score (nSPS) is 12.1. The lowest BCUT2D eigenvalue weighted by Gasteiger charge is -2.00. The molecule has 0 amide bonds. The van der Waals surface area contributed by atoms with Gasteiger partial charge < -0.3 is 0 Å². The van der Waals surface area contributed by atoms with Crippen molar-refractivity contribution < 1.29 is 8.42 Å². The van der Waals surface area contributed by atoms with Crippen molar-refractivity contribution in [3.8, 4) is 0 Å². The molecule has 94 valence electrons. The van der Waals surface area contributed by atoms with Gasteiger partial charge in [0.05, 0.1) is 5.75 Å². The van der Waals surface area contributed by atoms with Crippen LogP contribution in [0, 0.1) is 0 Å². The Morgan fingerprint density at radius 1 is 1.12 bits per heavy atom. The molecule has 0 aliphatic carbocycles. The predicted molar refractivity (Wildman–Crippen MR) is 71.1 cm³/mol. The Balaban J connectivity index is 3.71. The fourth-order valence-corrected chi connectivity index (χ4v) is 2.55. The maximum Gasteiger partial charge on any atom is 0.171 e. The Labute approximate surface area is 100 Å². The van der Waals surface area contributed by atoms with E-state index in [0.29, 0.717) is 0 Å². The van der Waals surface area contributed by atoms with Crippen LogP contribution in [0.15, 0.2) is 23.6 Å². The van der Waals surface area contributed by atoms with Crippen molar-refractivity contribution in [3.63, 3.8) is 0 Å². The summed E-state index contributed by atoms with van der Waals surface area (Å²) in [5.41, 5.74) is 0.770. The molecule has 0 heterocycles. The van der Waals surface area contributed by atoms with Gasteiger partial charge in [-0.15, -0.1) is 0 Å². The highest BCUT2D eigenvalue weighted by atomic mass is 32.2. The average Bonchev–Trinajstić information content (AvgIpc) is 2.21. The van der Waals surface area contributed by atoms with Crippen molar-refractivity contribution in [2.75, 3.05) is 5.75 Å². The highest BCUT2D eigenvalue weighted by Gasteiger charge is 2.04. The standard InChI is InChI=1S/C13H24O2S/c1-4-5-6-7-8-9-11-16(14,15)12-10-13(2)3/h10,12H,2,4-9,11H2,1,3H3. The molecule has 0 aliphatic heterocycles. The Morgan fingerprint density at radius 3 is 2.25 bits per heavy atom. The molecule has 0 atom stereocenters. The third-order valence-electron chi connectivity index (χ3n) is 2.34. The van der Waals surface area contributed by atoms with Crippen LogP contribution >= 0.6 is 0 Å². The number of allylic oxidation sites excluding steroid dienone is 2. The zero-order valence-corrected chi connectivity index (χ0v) is 11.4. The first-order valence-corrected chi connectivity index (χ1v) is 7.76. The van der Waals surface area contributed by atoms with Gasteiger partial charge in [-0.05, 0) is 19.4 Å². The minimum absolute atomic E-state index is 0.267. The van der Waals surface area contributed by atoms with Crippen molar-refractivity contribution in [2.24, 2.45) is 0 Å². The summed E-state index contributed by atoms with van der Waals surface area (Å²) in [5.74, 6) is 0.267. The summed E-state index contributed by atoms with van der Waals surface area (Å²) in [6.45, 7) is 7.60. The molecule has 0 rings (SSSR count). The van der Waals surface area contributed by atoms with Crippen LogP contribution < -0.4 is 0 Å². The number of rotatable bonds is 9. The number of sulfone groups is 1. The minimum Gasteiger partial charge on any atom is -0.224 e. The molecular formula is C13H24O2S. The van der Waals surface area contributed by atoms with Gasteiger partial charge in [-0.1, -0.05) is 51.2 Å². The van der Waals surface area contributed by atoms with E-state index < -0.39 is 9.84 Å². The summed E-state index contributed by atoms with van der Waals surface area (Å²) in [5, 5.41) is 1.28. The van der Waals surface area contributed by atoms with E-state index in [1.165, 1.54) is 24.7 Å². The van der Waals surface area contributed by atoms with Gasteiger partial charge in [0.2, 0.25) is 0 Å². The maximum absolute atomic E-state index is 11.5. The van der Waals surface area contributed by atoms with Crippen LogP contribution in [0.25, 0.3) is 0 Å². The van der Waals surface area contributed by atoms with Gasteiger partial charge in [-0.3, -0.25) is 0 Å². The average molecular weight is 244 g/mol. The van der Waals surface area contributed by atoms with E-state index in [9.17, 15) is 8.42 Å².